The smallest absolute Gasteiger partial charge is 0.407 e. The van der Waals surface area contributed by atoms with Crippen LogP contribution >= 0.6 is 0 Å². The number of imidazole rings is 1. The molecule has 0 aliphatic heterocycles. The van der Waals surface area contributed by atoms with Crippen molar-refractivity contribution in [3.8, 4) is 0 Å². The minimum Gasteiger partial charge on any atom is -0.481 e. The predicted molar refractivity (Wildman–Crippen MR) is 142 cm³/mol. The summed E-state index contributed by atoms with van der Waals surface area (Å²) in [5.41, 5.74) is 10.2. The molecule has 38 heavy (non-hydrogen) atoms. The topological polar surface area (TPSA) is 161 Å². The summed E-state index contributed by atoms with van der Waals surface area (Å²) in [6.45, 7) is 5.98. The molecule has 0 aliphatic rings. The summed E-state index contributed by atoms with van der Waals surface area (Å²) in [4.78, 5) is 43.8. The Bertz CT molecular complexity index is 1530. The predicted octanol–water partition coefficient (Wildman–Crippen LogP) is 2.76. The number of nitrogen functional groups attached to an aromatic ring is 1. The summed E-state index contributed by atoms with van der Waals surface area (Å²) in [5, 5.41) is 15.5. The van der Waals surface area contributed by atoms with Crippen molar-refractivity contribution in [2.24, 2.45) is 0 Å². The number of anilines is 1. The van der Waals surface area contributed by atoms with Crippen molar-refractivity contribution in [3.63, 3.8) is 0 Å². The Kier molecular flexibility index (Phi) is 7.86. The molecule has 0 saturated carbocycles. The van der Waals surface area contributed by atoms with Gasteiger partial charge in [0.2, 0.25) is 5.91 Å². The lowest BCUT2D eigenvalue weighted by molar-refractivity contribution is -0.136. The van der Waals surface area contributed by atoms with Gasteiger partial charge in [0.1, 0.15) is 24.4 Å². The van der Waals surface area contributed by atoms with Crippen LogP contribution in [0.1, 0.15) is 23.9 Å². The van der Waals surface area contributed by atoms with Crippen molar-refractivity contribution < 1.29 is 24.2 Å². The first-order chi connectivity index (χ1) is 18.2. The lowest BCUT2D eigenvalue weighted by atomic mass is 10.1. The molecule has 0 fully saturated rings. The summed E-state index contributed by atoms with van der Waals surface area (Å²) in [7, 11) is 0. The molecule has 11 heteroatoms. The quantitative estimate of drug-likeness (QED) is 0.185. The van der Waals surface area contributed by atoms with E-state index in [2.05, 4.69) is 27.2 Å². The van der Waals surface area contributed by atoms with E-state index in [1.54, 1.807) is 6.92 Å². The van der Waals surface area contributed by atoms with Crippen molar-refractivity contribution in [1.82, 2.24) is 25.2 Å². The Hall–Kier alpha value is -4.93. The van der Waals surface area contributed by atoms with E-state index in [-0.39, 0.29) is 37.8 Å². The molecular formula is C27H28N6O5. The van der Waals surface area contributed by atoms with Gasteiger partial charge in [-0.1, -0.05) is 49.0 Å². The van der Waals surface area contributed by atoms with Gasteiger partial charge < -0.3 is 30.8 Å². The zero-order chi connectivity index (χ0) is 27.2. The second kappa shape index (κ2) is 11.4. The van der Waals surface area contributed by atoms with Gasteiger partial charge in [-0.05, 0) is 24.1 Å². The van der Waals surface area contributed by atoms with E-state index in [4.69, 9.17) is 10.5 Å². The van der Waals surface area contributed by atoms with Crippen LogP contribution in [0.5, 0.6) is 0 Å². The molecule has 5 N–H and O–H groups in total. The Balaban J connectivity index is 1.45. The zero-order valence-corrected chi connectivity index (χ0v) is 20.9. The fourth-order valence-corrected chi connectivity index (χ4v) is 3.97. The molecule has 2 aromatic carbocycles. The van der Waals surface area contributed by atoms with Crippen LogP contribution in [0.2, 0.25) is 0 Å². The van der Waals surface area contributed by atoms with E-state index in [1.165, 1.54) is 0 Å². The maximum Gasteiger partial charge on any atom is 0.407 e. The number of aromatic nitrogens is 3. The highest BCUT2D eigenvalue weighted by atomic mass is 16.5. The average Bonchev–Trinajstić information content (AvgIpc) is 3.24. The van der Waals surface area contributed by atoms with Crippen LogP contribution in [-0.4, -0.2) is 50.8 Å². The third-order valence-corrected chi connectivity index (χ3v) is 5.81. The zero-order valence-electron chi connectivity index (χ0n) is 20.9. The van der Waals surface area contributed by atoms with Gasteiger partial charge in [-0.3, -0.25) is 9.59 Å². The number of hydrogen-bond donors (Lipinski definition) is 4. The number of amides is 2. The minimum absolute atomic E-state index is 0.0377. The number of nitrogens with one attached hydrogen (secondary N) is 2. The van der Waals surface area contributed by atoms with Crippen molar-refractivity contribution in [1.29, 1.82) is 0 Å². The Labute approximate surface area is 218 Å². The Morgan fingerprint density at radius 2 is 1.76 bits per heavy atom. The van der Waals surface area contributed by atoms with Gasteiger partial charge in [0.05, 0.1) is 17.6 Å². The summed E-state index contributed by atoms with van der Waals surface area (Å²) in [5.74, 6) is -0.661. The van der Waals surface area contributed by atoms with Crippen LogP contribution in [0.4, 0.5) is 10.6 Å². The van der Waals surface area contributed by atoms with Gasteiger partial charge in [0.25, 0.3) is 0 Å². The monoisotopic (exact) mass is 516 g/mol. The van der Waals surface area contributed by atoms with E-state index in [1.807, 2.05) is 53.1 Å². The number of fused-ring (bicyclic) bond motifs is 3. The van der Waals surface area contributed by atoms with Crippen LogP contribution in [0.3, 0.4) is 0 Å². The maximum atomic E-state index is 11.9. The van der Waals surface area contributed by atoms with Crippen LogP contribution in [0.15, 0.2) is 60.7 Å². The molecule has 2 heterocycles. The molecule has 0 unspecified atom stereocenters. The van der Waals surface area contributed by atoms with Crippen molar-refractivity contribution in [3.05, 3.63) is 77.6 Å². The van der Waals surface area contributed by atoms with Crippen molar-refractivity contribution in [2.75, 3.05) is 18.9 Å². The van der Waals surface area contributed by atoms with Gasteiger partial charge in [0.15, 0.2) is 5.82 Å². The van der Waals surface area contributed by atoms with Gasteiger partial charge in [-0.15, -0.1) is 0 Å². The number of ether oxygens (including phenoxy) is 1. The molecule has 4 aromatic rings. The number of pyridine rings is 1. The number of benzene rings is 2. The Morgan fingerprint density at radius 3 is 2.47 bits per heavy atom. The molecule has 0 bridgehead atoms. The number of hydrogen-bond acceptors (Lipinski definition) is 7. The minimum atomic E-state index is -0.996. The van der Waals surface area contributed by atoms with Crippen LogP contribution < -0.4 is 16.4 Å². The molecule has 0 saturated heterocycles. The molecule has 0 radical (unpaired) electrons. The number of carboxylic acid groups (broad SMARTS) is 1. The van der Waals surface area contributed by atoms with E-state index >= 15 is 0 Å². The highest BCUT2D eigenvalue weighted by molar-refractivity contribution is 6.06. The summed E-state index contributed by atoms with van der Waals surface area (Å²) < 4.78 is 6.91. The van der Waals surface area contributed by atoms with Crippen LogP contribution in [0, 0.1) is 0 Å². The number of alkyl carbamates (subject to hydrolysis) is 1. The van der Waals surface area contributed by atoms with Crippen molar-refractivity contribution >= 4 is 45.7 Å². The molecule has 0 atom stereocenters. The number of para-hydroxylation sites is 1. The number of carbonyl (C=O) groups is 3. The fourth-order valence-electron chi connectivity index (χ4n) is 3.97. The molecule has 2 amide bonds. The first-order valence-electron chi connectivity index (χ1n) is 11.9. The number of nitrogens with zero attached hydrogens (tertiary/aromatic N) is 3. The number of nitrogens with two attached hydrogens (primary N) is 1. The van der Waals surface area contributed by atoms with Gasteiger partial charge in [0, 0.05) is 24.0 Å². The average molecular weight is 517 g/mol. The molecule has 11 nitrogen and oxygen atoms in total. The lowest BCUT2D eigenvalue weighted by Gasteiger charge is -2.12. The molecule has 0 aliphatic carbocycles. The number of carboxylic acids is 1. The first-order valence-corrected chi connectivity index (χ1v) is 11.9. The lowest BCUT2D eigenvalue weighted by Crippen LogP contribution is -2.31. The summed E-state index contributed by atoms with van der Waals surface area (Å²) in [6.07, 6.45) is -0.858. The van der Waals surface area contributed by atoms with Crippen LogP contribution in [0.25, 0.3) is 21.9 Å². The van der Waals surface area contributed by atoms with Crippen LogP contribution in [-0.2, 0) is 33.8 Å². The number of carbonyl (C=O) groups excluding carboxylic acids is 2. The molecular weight excluding hydrogens is 488 g/mol. The SMILES string of the molecule is C=C(C)C(=O)NCCOC(=O)NCc1ccc(Cn2c(CC(=O)O)nc3c(N)nc4ccccc4c32)cc1. The van der Waals surface area contributed by atoms with E-state index in [0.29, 0.717) is 29.0 Å². The third-order valence-electron chi connectivity index (χ3n) is 5.81. The number of rotatable bonds is 10. The standard InChI is InChI=1S/C27H28N6O5/c1-16(2)26(36)29-11-12-38-27(37)30-14-17-7-9-18(10-8-17)15-33-21(13-22(34)35)32-23-24(33)19-5-3-4-6-20(19)31-25(23)28/h3-10H,1,11-15H2,2H3,(H2,28,31)(H,29,36)(H,30,37)(H,34,35). The normalized spacial score (nSPS) is 10.9. The summed E-state index contributed by atoms with van der Waals surface area (Å²) >= 11 is 0. The van der Waals surface area contributed by atoms with Gasteiger partial charge >= 0.3 is 12.1 Å². The fraction of sp³-hybridized carbons (Fsp3) is 0.222. The second-order valence-corrected chi connectivity index (χ2v) is 8.74. The highest BCUT2D eigenvalue weighted by Gasteiger charge is 2.19. The highest BCUT2D eigenvalue weighted by Crippen LogP contribution is 2.29. The van der Waals surface area contributed by atoms with Gasteiger partial charge in [-0.25, -0.2) is 14.8 Å². The molecule has 4 rings (SSSR count). The number of aliphatic carboxylic acids is 1. The first kappa shape index (κ1) is 26.1. The maximum absolute atomic E-state index is 11.9. The van der Waals surface area contributed by atoms with Crippen molar-refractivity contribution in [2.45, 2.75) is 26.4 Å². The van der Waals surface area contributed by atoms with Gasteiger partial charge in [-0.2, -0.15) is 0 Å². The molecule has 196 valence electrons. The molecule has 2 aromatic heterocycles. The third kappa shape index (κ3) is 6.06. The van der Waals surface area contributed by atoms with E-state index < -0.39 is 12.1 Å². The second-order valence-electron chi connectivity index (χ2n) is 8.74. The largest absolute Gasteiger partial charge is 0.481 e. The van der Waals surface area contributed by atoms with E-state index in [9.17, 15) is 19.5 Å². The molecule has 0 spiro atoms. The summed E-state index contributed by atoms with van der Waals surface area (Å²) in [6, 6.07) is 15.1. The van der Waals surface area contributed by atoms with E-state index in [0.717, 1.165) is 22.0 Å². The Morgan fingerprint density at radius 1 is 1.05 bits per heavy atom.